The number of likely N-dealkylation sites (tertiary alicyclic amines) is 1. The van der Waals surface area contributed by atoms with Crippen molar-refractivity contribution in [3.8, 4) is 11.5 Å². The van der Waals surface area contributed by atoms with Gasteiger partial charge in [0, 0.05) is 19.2 Å². The lowest BCUT2D eigenvalue weighted by Gasteiger charge is -2.33. The van der Waals surface area contributed by atoms with Crippen LogP contribution in [0.5, 0.6) is 11.5 Å². The Bertz CT molecular complexity index is 801. The van der Waals surface area contributed by atoms with Crippen LogP contribution < -0.4 is 4.74 Å². The molecule has 136 valence electrons. The first-order valence-corrected chi connectivity index (χ1v) is 9.18. The zero-order chi connectivity index (χ0) is 18.6. The van der Waals surface area contributed by atoms with Gasteiger partial charge >= 0.3 is 0 Å². The molecule has 4 heteroatoms. The second-order valence-electron chi connectivity index (χ2n) is 6.94. The van der Waals surface area contributed by atoms with Crippen molar-refractivity contribution < 1.29 is 14.3 Å². The van der Waals surface area contributed by atoms with E-state index in [1.165, 1.54) is 0 Å². The van der Waals surface area contributed by atoms with Crippen molar-refractivity contribution in [2.75, 3.05) is 13.6 Å². The molecule has 0 saturated carbocycles. The SMILES string of the molecule is CCC1(c2cccc(Oc3cccc(C=O)c3)c2)CCCCN(C)C1=O. The number of benzene rings is 2. The maximum Gasteiger partial charge on any atom is 0.232 e. The maximum absolute atomic E-state index is 13.1. The van der Waals surface area contributed by atoms with Crippen molar-refractivity contribution in [1.29, 1.82) is 0 Å². The summed E-state index contributed by atoms with van der Waals surface area (Å²) in [6, 6.07) is 14.9. The Kier molecular flexibility index (Phi) is 5.40. The summed E-state index contributed by atoms with van der Waals surface area (Å²) in [7, 11) is 1.89. The first-order valence-electron chi connectivity index (χ1n) is 9.18. The van der Waals surface area contributed by atoms with Crippen molar-refractivity contribution in [2.45, 2.75) is 38.0 Å². The summed E-state index contributed by atoms with van der Waals surface area (Å²) in [4.78, 5) is 25.9. The van der Waals surface area contributed by atoms with Crippen LogP contribution in [0.2, 0.25) is 0 Å². The number of ether oxygens (including phenoxy) is 1. The highest BCUT2D eigenvalue weighted by molar-refractivity contribution is 5.88. The smallest absolute Gasteiger partial charge is 0.232 e. The van der Waals surface area contributed by atoms with Crippen LogP contribution in [0.4, 0.5) is 0 Å². The Labute approximate surface area is 154 Å². The number of aldehydes is 1. The summed E-state index contributed by atoms with van der Waals surface area (Å²) in [6.45, 7) is 2.90. The third-order valence-electron chi connectivity index (χ3n) is 5.32. The molecule has 0 radical (unpaired) electrons. The molecule has 4 nitrogen and oxygen atoms in total. The predicted molar refractivity (Wildman–Crippen MR) is 102 cm³/mol. The number of hydrogen-bond acceptors (Lipinski definition) is 3. The molecule has 1 atom stereocenters. The fraction of sp³-hybridized carbons (Fsp3) is 0.364. The van der Waals surface area contributed by atoms with E-state index in [1.807, 2.05) is 42.3 Å². The van der Waals surface area contributed by atoms with E-state index in [4.69, 9.17) is 4.74 Å². The van der Waals surface area contributed by atoms with Crippen LogP contribution in [-0.4, -0.2) is 30.7 Å². The number of carbonyl (C=O) groups excluding carboxylic acids is 2. The zero-order valence-corrected chi connectivity index (χ0v) is 15.4. The second-order valence-corrected chi connectivity index (χ2v) is 6.94. The lowest BCUT2D eigenvalue weighted by Crippen LogP contribution is -2.43. The summed E-state index contributed by atoms with van der Waals surface area (Å²) in [5.74, 6) is 1.48. The third kappa shape index (κ3) is 3.50. The molecule has 0 aliphatic carbocycles. The minimum absolute atomic E-state index is 0.192. The van der Waals surface area contributed by atoms with Crippen molar-refractivity contribution in [3.63, 3.8) is 0 Å². The Morgan fingerprint density at radius 2 is 1.85 bits per heavy atom. The van der Waals surface area contributed by atoms with Gasteiger partial charge in [0.25, 0.3) is 0 Å². The van der Waals surface area contributed by atoms with Crippen LogP contribution in [0.1, 0.15) is 48.5 Å². The number of hydrogen-bond donors (Lipinski definition) is 0. The van der Waals surface area contributed by atoms with Crippen molar-refractivity contribution in [3.05, 3.63) is 59.7 Å². The van der Waals surface area contributed by atoms with Gasteiger partial charge in [-0.05, 0) is 49.1 Å². The van der Waals surface area contributed by atoms with Crippen LogP contribution in [0.3, 0.4) is 0 Å². The Hall–Kier alpha value is -2.62. The van der Waals surface area contributed by atoms with Gasteiger partial charge in [0.05, 0.1) is 5.41 Å². The standard InChI is InChI=1S/C22H25NO3/c1-3-22(12-4-5-13-23(2)21(22)25)18-9-7-11-20(15-18)26-19-10-6-8-17(14-19)16-24/h6-11,14-16H,3-5,12-13H2,1-2H3. The molecule has 2 aromatic carbocycles. The van der Waals surface area contributed by atoms with E-state index in [2.05, 4.69) is 6.92 Å². The van der Waals surface area contributed by atoms with Crippen LogP contribution in [0.15, 0.2) is 48.5 Å². The molecular formula is C22H25NO3. The van der Waals surface area contributed by atoms with Gasteiger partial charge in [-0.1, -0.05) is 37.6 Å². The summed E-state index contributed by atoms with van der Waals surface area (Å²) in [6.07, 6.45) is 4.50. The van der Waals surface area contributed by atoms with E-state index >= 15 is 0 Å². The lowest BCUT2D eigenvalue weighted by molar-refractivity contribution is -0.135. The van der Waals surface area contributed by atoms with Gasteiger partial charge in [-0.15, -0.1) is 0 Å². The molecule has 3 rings (SSSR count). The molecule has 1 amide bonds. The average Bonchev–Trinajstić information content (AvgIpc) is 2.82. The third-order valence-corrected chi connectivity index (χ3v) is 5.32. The molecule has 1 aliphatic heterocycles. The molecule has 0 spiro atoms. The normalized spacial score (nSPS) is 20.5. The molecule has 0 bridgehead atoms. The van der Waals surface area contributed by atoms with Crippen molar-refractivity contribution >= 4 is 12.2 Å². The molecule has 0 aromatic heterocycles. The molecule has 1 heterocycles. The first-order chi connectivity index (χ1) is 12.6. The Morgan fingerprint density at radius 3 is 2.58 bits per heavy atom. The van der Waals surface area contributed by atoms with Gasteiger partial charge in [-0.2, -0.15) is 0 Å². The number of carbonyl (C=O) groups is 2. The number of likely N-dealkylation sites (N-methyl/N-ethyl adjacent to an activating group) is 1. The van der Waals surface area contributed by atoms with E-state index in [0.717, 1.165) is 44.1 Å². The monoisotopic (exact) mass is 351 g/mol. The van der Waals surface area contributed by atoms with E-state index in [1.54, 1.807) is 18.2 Å². The molecule has 1 fully saturated rings. The summed E-state index contributed by atoms with van der Waals surface area (Å²) < 4.78 is 5.95. The van der Waals surface area contributed by atoms with Crippen molar-refractivity contribution in [1.82, 2.24) is 4.90 Å². The average molecular weight is 351 g/mol. The van der Waals surface area contributed by atoms with E-state index in [9.17, 15) is 9.59 Å². The number of nitrogens with zero attached hydrogens (tertiary/aromatic N) is 1. The lowest BCUT2D eigenvalue weighted by atomic mass is 9.73. The summed E-state index contributed by atoms with van der Waals surface area (Å²) in [5, 5.41) is 0. The first kappa shape index (κ1) is 18.2. The van der Waals surface area contributed by atoms with Crippen LogP contribution in [-0.2, 0) is 10.2 Å². The van der Waals surface area contributed by atoms with Gasteiger partial charge in [-0.3, -0.25) is 9.59 Å². The Balaban J connectivity index is 1.94. The largest absolute Gasteiger partial charge is 0.457 e. The maximum atomic E-state index is 13.1. The molecule has 1 unspecified atom stereocenters. The fourth-order valence-corrected chi connectivity index (χ4v) is 3.79. The minimum atomic E-state index is -0.491. The van der Waals surface area contributed by atoms with Gasteiger partial charge < -0.3 is 9.64 Å². The highest BCUT2D eigenvalue weighted by atomic mass is 16.5. The molecule has 26 heavy (non-hydrogen) atoms. The molecule has 1 aliphatic rings. The van der Waals surface area contributed by atoms with Gasteiger partial charge in [0.2, 0.25) is 5.91 Å². The Morgan fingerprint density at radius 1 is 1.12 bits per heavy atom. The number of rotatable bonds is 5. The molecule has 0 N–H and O–H groups in total. The van der Waals surface area contributed by atoms with Crippen molar-refractivity contribution in [2.24, 2.45) is 0 Å². The molecule has 2 aromatic rings. The predicted octanol–water partition coefficient (Wildman–Crippen LogP) is 4.58. The highest BCUT2D eigenvalue weighted by Gasteiger charge is 2.41. The van der Waals surface area contributed by atoms with Gasteiger partial charge in [0.1, 0.15) is 17.8 Å². The minimum Gasteiger partial charge on any atom is -0.457 e. The number of amides is 1. The fourth-order valence-electron chi connectivity index (χ4n) is 3.79. The van der Waals surface area contributed by atoms with E-state index < -0.39 is 5.41 Å². The highest BCUT2D eigenvalue weighted by Crippen LogP contribution is 2.39. The van der Waals surface area contributed by atoms with Gasteiger partial charge in [-0.25, -0.2) is 0 Å². The zero-order valence-electron chi connectivity index (χ0n) is 15.4. The topological polar surface area (TPSA) is 46.6 Å². The van der Waals surface area contributed by atoms with Crippen LogP contribution in [0.25, 0.3) is 0 Å². The quantitative estimate of drug-likeness (QED) is 0.741. The second kappa shape index (κ2) is 7.73. The molecular weight excluding hydrogens is 326 g/mol. The van der Waals surface area contributed by atoms with Gasteiger partial charge in [0.15, 0.2) is 0 Å². The van der Waals surface area contributed by atoms with Crippen LogP contribution >= 0.6 is 0 Å². The summed E-state index contributed by atoms with van der Waals surface area (Å²) in [5.41, 5.74) is 1.09. The molecule has 1 saturated heterocycles. The van der Waals surface area contributed by atoms with E-state index in [-0.39, 0.29) is 5.91 Å². The van der Waals surface area contributed by atoms with Crippen LogP contribution in [0, 0.1) is 0 Å². The summed E-state index contributed by atoms with van der Waals surface area (Å²) >= 11 is 0. The van der Waals surface area contributed by atoms with E-state index in [0.29, 0.717) is 17.1 Å².